The molecule has 1 aromatic heterocycles. The van der Waals surface area contributed by atoms with E-state index in [1.54, 1.807) is 18.5 Å². The predicted molar refractivity (Wildman–Crippen MR) is 72.4 cm³/mol. The number of nitrogens with zero attached hydrogens (tertiary/aromatic N) is 2. The molecule has 0 spiro atoms. The Balaban J connectivity index is 2.28. The molecule has 0 saturated carbocycles. The molecule has 1 aromatic rings. The second-order valence-electron chi connectivity index (χ2n) is 5.46. The maximum absolute atomic E-state index is 8.45. The molecule has 2 rings (SSSR count). The van der Waals surface area contributed by atoms with Gasteiger partial charge in [0, 0.05) is 29.3 Å². The van der Waals surface area contributed by atoms with Crippen LogP contribution in [0.5, 0.6) is 0 Å². The number of pyridine rings is 1. The Morgan fingerprint density at radius 2 is 1.79 bits per heavy atom. The molecule has 0 radical (unpaired) electrons. The van der Waals surface area contributed by atoms with E-state index in [4.69, 9.17) is 14.6 Å². The van der Waals surface area contributed by atoms with Gasteiger partial charge in [-0.2, -0.15) is 5.26 Å². The van der Waals surface area contributed by atoms with Gasteiger partial charge < -0.3 is 9.31 Å². The molecule has 0 amide bonds. The molecule has 1 aliphatic rings. The highest BCUT2D eigenvalue weighted by Crippen LogP contribution is 2.36. The van der Waals surface area contributed by atoms with Crippen molar-refractivity contribution in [1.82, 2.24) is 4.98 Å². The normalized spacial score (nSPS) is 19.4. The van der Waals surface area contributed by atoms with Gasteiger partial charge in [-0.15, -0.1) is 0 Å². The average Bonchev–Trinajstić information content (AvgIpc) is 2.56. The SMILES string of the molecule is CC1(C)OB(c2cncc(C#CC#N)c2)OC1(C)C. The van der Waals surface area contributed by atoms with Gasteiger partial charge in [0.1, 0.15) is 0 Å². The molecule has 0 unspecified atom stereocenters. The Kier molecular flexibility index (Phi) is 3.37. The van der Waals surface area contributed by atoms with Crippen LogP contribution in [0.15, 0.2) is 18.5 Å². The van der Waals surface area contributed by atoms with Gasteiger partial charge in [0.15, 0.2) is 6.07 Å². The van der Waals surface area contributed by atoms with Crippen molar-refractivity contribution in [2.45, 2.75) is 38.9 Å². The van der Waals surface area contributed by atoms with E-state index in [2.05, 4.69) is 16.8 Å². The highest BCUT2D eigenvalue weighted by Gasteiger charge is 2.51. The van der Waals surface area contributed by atoms with Gasteiger partial charge in [-0.05, 0) is 39.7 Å². The summed E-state index contributed by atoms with van der Waals surface area (Å²) in [6.45, 7) is 8.00. The van der Waals surface area contributed by atoms with Crippen LogP contribution in [0.2, 0.25) is 0 Å². The molecule has 1 saturated heterocycles. The van der Waals surface area contributed by atoms with E-state index >= 15 is 0 Å². The highest BCUT2D eigenvalue weighted by molar-refractivity contribution is 6.62. The fourth-order valence-electron chi connectivity index (χ4n) is 1.73. The van der Waals surface area contributed by atoms with Crippen molar-refractivity contribution in [3.63, 3.8) is 0 Å². The Morgan fingerprint density at radius 3 is 2.37 bits per heavy atom. The topological polar surface area (TPSA) is 55.1 Å². The summed E-state index contributed by atoms with van der Waals surface area (Å²) in [6, 6.07) is 3.61. The quantitative estimate of drug-likeness (QED) is 0.559. The van der Waals surface area contributed by atoms with Crippen molar-refractivity contribution >= 4 is 12.6 Å². The molecule has 0 N–H and O–H groups in total. The van der Waals surface area contributed by atoms with E-state index in [9.17, 15) is 0 Å². The molecule has 1 aliphatic heterocycles. The first-order valence-corrected chi connectivity index (χ1v) is 6.06. The minimum Gasteiger partial charge on any atom is -0.399 e. The molecule has 0 atom stereocenters. The zero-order valence-electron chi connectivity index (χ0n) is 11.5. The molecule has 0 aromatic carbocycles. The minimum atomic E-state index is -0.457. The predicted octanol–water partition coefficient (Wildman–Crippen LogP) is 1.26. The van der Waals surface area contributed by atoms with Gasteiger partial charge in [-0.25, -0.2) is 0 Å². The monoisotopic (exact) mass is 254 g/mol. The summed E-state index contributed by atoms with van der Waals surface area (Å²) in [4.78, 5) is 4.11. The molecule has 4 nitrogen and oxygen atoms in total. The molecular weight excluding hydrogens is 239 g/mol. The van der Waals surface area contributed by atoms with E-state index in [1.807, 2.05) is 33.8 Å². The number of hydrogen-bond acceptors (Lipinski definition) is 4. The molecule has 0 aliphatic carbocycles. The Bertz CT molecular complexity index is 577. The van der Waals surface area contributed by atoms with Crippen molar-refractivity contribution in [3.8, 4) is 17.9 Å². The van der Waals surface area contributed by atoms with Crippen LogP contribution in [0.3, 0.4) is 0 Å². The van der Waals surface area contributed by atoms with Gasteiger partial charge >= 0.3 is 7.12 Å². The zero-order valence-corrected chi connectivity index (χ0v) is 11.5. The fourth-order valence-corrected chi connectivity index (χ4v) is 1.73. The Labute approximate surface area is 113 Å². The molecule has 96 valence electrons. The number of rotatable bonds is 1. The molecule has 19 heavy (non-hydrogen) atoms. The summed E-state index contributed by atoms with van der Waals surface area (Å²) < 4.78 is 11.9. The van der Waals surface area contributed by atoms with Crippen LogP contribution >= 0.6 is 0 Å². The van der Waals surface area contributed by atoms with Crippen molar-refractivity contribution < 1.29 is 9.31 Å². The molecule has 5 heteroatoms. The van der Waals surface area contributed by atoms with Gasteiger partial charge in [-0.1, -0.05) is 0 Å². The lowest BCUT2D eigenvalue weighted by molar-refractivity contribution is 0.00578. The van der Waals surface area contributed by atoms with Crippen molar-refractivity contribution in [3.05, 3.63) is 24.0 Å². The highest BCUT2D eigenvalue weighted by atomic mass is 16.7. The van der Waals surface area contributed by atoms with Crippen LogP contribution in [0, 0.1) is 23.2 Å². The molecule has 0 bridgehead atoms. The Hall–Kier alpha value is -1.82. The summed E-state index contributed by atoms with van der Waals surface area (Å²) in [5.41, 5.74) is 0.718. The molecule has 1 fully saturated rings. The minimum absolute atomic E-state index is 0.383. The van der Waals surface area contributed by atoms with Crippen LogP contribution < -0.4 is 5.46 Å². The van der Waals surface area contributed by atoms with Gasteiger partial charge in [0.05, 0.1) is 11.2 Å². The maximum Gasteiger partial charge on any atom is 0.496 e. The fraction of sp³-hybridized carbons (Fsp3) is 0.429. The van der Waals surface area contributed by atoms with Crippen LogP contribution in [0.25, 0.3) is 0 Å². The lowest BCUT2D eigenvalue weighted by Crippen LogP contribution is -2.41. The maximum atomic E-state index is 8.45. The average molecular weight is 254 g/mol. The van der Waals surface area contributed by atoms with Gasteiger partial charge in [-0.3, -0.25) is 4.98 Å². The van der Waals surface area contributed by atoms with E-state index in [0.29, 0.717) is 5.56 Å². The second-order valence-corrected chi connectivity index (χ2v) is 5.46. The molecular formula is C14H15BN2O2. The smallest absolute Gasteiger partial charge is 0.399 e. The van der Waals surface area contributed by atoms with Crippen molar-refractivity contribution in [2.75, 3.05) is 0 Å². The van der Waals surface area contributed by atoms with E-state index in [1.165, 1.54) is 0 Å². The lowest BCUT2D eigenvalue weighted by atomic mass is 9.80. The largest absolute Gasteiger partial charge is 0.496 e. The first-order valence-electron chi connectivity index (χ1n) is 6.06. The van der Waals surface area contributed by atoms with Gasteiger partial charge in [0.2, 0.25) is 0 Å². The summed E-state index contributed by atoms with van der Waals surface area (Å²) in [5.74, 6) is 5.06. The first-order chi connectivity index (χ1) is 8.86. The van der Waals surface area contributed by atoms with Gasteiger partial charge in [0.25, 0.3) is 0 Å². The van der Waals surface area contributed by atoms with Crippen molar-refractivity contribution in [1.29, 1.82) is 5.26 Å². The Morgan fingerprint density at radius 1 is 1.16 bits per heavy atom. The van der Waals surface area contributed by atoms with Crippen molar-refractivity contribution in [2.24, 2.45) is 0 Å². The van der Waals surface area contributed by atoms with Crippen LogP contribution in [-0.2, 0) is 9.31 Å². The molecule has 2 heterocycles. The standard InChI is InChI=1S/C14H15BN2O2/c1-13(2)14(3,4)19-15(18-13)12-8-11(6-5-7-16)9-17-10-12/h8-10H,1-4H3. The third-order valence-corrected chi connectivity index (χ3v) is 3.55. The van der Waals surface area contributed by atoms with E-state index < -0.39 is 7.12 Å². The second kappa shape index (κ2) is 4.70. The summed E-state index contributed by atoms with van der Waals surface area (Å²) in [5, 5.41) is 8.45. The summed E-state index contributed by atoms with van der Waals surface area (Å²) in [6.07, 6.45) is 3.30. The van der Waals surface area contributed by atoms with Crippen LogP contribution in [0.1, 0.15) is 33.3 Å². The number of hydrogen-bond donors (Lipinski definition) is 0. The number of nitriles is 1. The van der Waals surface area contributed by atoms with E-state index in [0.717, 1.165) is 5.46 Å². The lowest BCUT2D eigenvalue weighted by Gasteiger charge is -2.32. The van der Waals surface area contributed by atoms with Crippen LogP contribution in [0.4, 0.5) is 0 Å². The third-order valence-electron chi connectivity index (χ3n) is 3.55. The number of aromatic nitrogens is 1. The van der Waals surface area contributed by atoms with E-state index in [-0.39, 0.29) is 11.2 Å². The summed E-state index contributed by atoms with van der Waals surface area (Å²) >= 11 is 0. The van der Waals surface area contributed by atoms with Crippen LogP contribution in [-0.4, -0.2) is 23.3 Å². The summed E-state index contributed by atoms with van der Waals surface area (Å²) in [7, 11) is -0.457. The third kappa shape index (κ3) is 2.63. The zero-order chi connectivity index (χ0) is 14.1. The first kappa shape index (κ1) is 13.6.